The van der Waals surface area contributed by atoms with E-state index >= 15 is 0 Å². The molecule has 0 saturated heterocycles. The Morgan fingerprint density at radius 1 is 1.33 bits per heavy atom. The van der Waals surface area contributed by atoms with Crippen molar-refractivity contribution < 1.29 is 27.2 Å². The molecular formula is C15H14F3N3O3. The first-order chi connectivity index (χ1) is 11.4. The summed E-state index contributed by atoms with van der Waals surface area (Å²) < 4.78 is 46.8. The third-order valence-electron chi connectivity index (χ3n) is 3.57. The van der Waals surface area contributed by atoms with E-state index in [-0.39, 0.29) is 24.7 Å². The molecule has 0 saturated carbocycles. The summed E-state index contributed by atoms with van der Waals surface area (Å²) in [5, 5.41) is 5.85. The van der Waals surface area contributed by atoms with E-state index in [1.54, 1.807) is 6.07 Å². The van der Waals surface area contributed by atoms with Gasteiger partial charge in [-0.05, 0) is 24.5 Å². The van der Waals surface area contributed by atoms with E-state index in [4.69, 9.17) is 4.74 Å². The number of hydrogen-bond acceptors (Lipinski definition) is 5. The molecule has 0 bridgehead atoms. The van der Waals surface area contributed by atoms with Crippen LogP contribution in [0, 0.1) is 0 Å². The van der Waals surface area contributed by atoms with Gasteiger partial charge < -0.3 is 14.6 Å². The second-order valence-electron chi connectivity index (χ2n) is 5.31. The summed E-state index contributed by atoms with van der Waals surface area (Å²) >= 11 is 0. The average molecular weight is 341 g/mol. The number of ether oxygens (including phenoxy) is 1. The Morgan fingerprint density at radius 2 is 2.12 bits per heavy atom. The Balaban J connectivity index is 1.49. The molecule has 0 aliphatic carbocycles. The van der Waals surface area contributed by atoms with Gasteiger partial charge in [-0.1, -0.05) is 23.4 Å². The van der Waals surface area contributed by atoms with E-state index in [9.17, 15) is 18.0 Å². The van der Waals surface area contributed by atoms with Crippen LogP contribution in [0.3, 0.4) is 0 Å². The number of carbonyl (C=O) groups is 1. The Kier molecular flexibility index (Phi) is 4.41. The molecule has 1 aromatic carbocycles. The molecule has 0 fully saturated rings. The monoisotopic (exact) mass is 341 g/mol. The van der Waals surface area contributed by atoms with Gasteiger partial charge in [-0.3, -0.25) is 4.79 Å². The number of aromatic nitrogens is 2. The van der Waals surface area contributed by atoms with Crippen LogP contribution in [0.25, 0.3) is 0 Å². The van der Waals surface area contributed by atoms with Crippen molar-refractivity contribution >= 4 is 5.91 Å². The van der Waals surface area contributed by atoms with Crippen LogP contribution in [0.4, 0.5) is 13.2 Å². The lowest BCUT2D eigenvalue weighted by molar-refractivity contribution is -0.159. The molecule has 1 aromatic heterocycles. The molecule has 9 heteroatoms. The summed E-state index contributed by atoms with van der Waals surface area (Å²) in [6, 6.07) is 7.47. The van der Waals surface area contributed by atoms with E-state index in [0.717, 1.165) is 12.0 Å². The summed E-state index contributed by atoms with van der Waals surface area (Å²) in [5.41, 5.74) is 1.05. The summed E-state index contributed by atoms with van der Waals surface area (Å²) in [6.07, 6.45) is -3.97. The minimum atomic E-state index is -4.67. The molecule has 0 radical (unpaired) electrons. The van der Waals surface area contributed by atoms with Gasteiger partial charge >= 0.3 is 12.1 Å². The predicted molar refractivity (Wildman–Crippen MR) is 75.2 cm³/mol. The predicted octanol–water partition coefficient (Wildman–Crippen LogP) is 2.14. The standard InChI is InChI=1S/C15H14F3N3O3/c16-15(17,18)14-20-12(21-24-14)7-8-19-13(22)11-6-5-9-3-1-2-4-10(9)23-11/h1-4,11H,5-8H2,(H,19,22)/t11-/m1/s1. The lowest BCUT2D eigenvalue weighted by atomic mass is 10.0. The molecule has 1 amide bonds. The highest BCUT2D eigenvalue weighted by atomic mass is 19.4. The number of rotatable bonds is 4. The lowest BCUT2D eigenvalue weighted by Gasteiger charge is -2.25. The molecule has 0 spiro atoms. The van der Waals surface area contributed by atoms with Crippen LogP contribution in [0.2, 0.25) is 0 Å². The normalized spacial score (nSPS) is 17.0. The number of halogens is 3. The van der Waals surface area contributed by atoms with Crippen molar-refractivity contribution in [2.75, 3.05) is 6.54 Å². The highest BCUT2D eigenvalue weighted by Crippen LogP contribution is 2.28. The number of amides is 1. The second-order valence-corrected chi connectivity index (χ2v) is 5.31. The Labute approximate surface area is 135 Å². The number of nitrogens with zero attached hydrogens (tertiary/aromatic N) is 2. The van der Waals surface area contributed by atoms with Crippen molar-refractivity contribution in [3.05, 3.63) is 41.5 Å². The fourth-order valence-electron chi connectivity index (χ4n) is 2.39. The maximum absolute atomic E-state index is 12.3. The summed E-state index contributed by atoms with van der Waals surface area (Å²) in [7, 11) is 0. The molecule has 0 unspecified atom stereocenters. The molecule has 6 nitrogen and oxygen atoms in total. The van der Waals surface area contributed by atoms with Crippen molar-refractivity contribution in [3.63, 3.8) is 0 Å². The third kappa shape index (κ3) is 3.66. The van der Waals surface area contributed by atoms with Gasteiger partial charge in [0.15, 0.2) is 11.9 Å². The van der Waals surface area contributed by atoms with E-state index in [1.165, 1.54) is 0 Å². The molecule has 1 aliphatic rings. The third-order valence-corrected chi connectivity index (χ3v) is 3.57. The topological polar surface area (TPSA) is 77.3 Å². The number of benzene rings is 1. The van der Waals surface area contributed by atoms with Crippen molar-refractivity contribution in [1.82, 2.24) is 15.5 Å². The fourth-order valence-corrected chi connectivity index (χ4v) is 2.39. The Morgan fingerprint density at radius 3 is 2.88 bits per heavy atom. The van der Waals surface area contributed by atoms with Gasteiger partial charge in [0.05, 0.1) is 0 Å². The molecule has 1 aliphatic heterocycles. The molecule has 128 valence electrons. The van der Waals surface area contributed by atoms with Gasteiger partial charge in [0.1, 0.15) is 5.75 Å². The van der Waals surface area contributed by atoms with Crippen molar-refractivity contribution in [1.29, 1.82) is 0 Å². The van der Waals surface area contributed by atoms with Crippen molar-refractivity contribution in [2.45, 2.75) is 31.5 Å². The Hall–Kier alpha value is -2.58. The SMILES string of the molecule is O=C(NCCc1noc(C(F)(F)F)n1)[C@H]1CCc2ccccc2O1. The van der Waals surface area contributed by atoms with Crippen molar-refractivity contribution in [3.8, 4) is 5.75 Å². The highest BCUT2D eigenvalue weighted by Gasteiger charge is 2.38. The number of para-hydroxylation sites is 1. The maximum atomic E-state index is 12.3. The van der Waals surface area contributed by atoms with Gasteiger partial charge in [0.25, 0.3) is 5.91 Å². The smallest absolute Gasteiger partial charge is 0.471 e. The molecule has 1 atom stereocenters. The average Bonchev–Trinajstić information content (AvgIpc) is 3.03. The van der Waals surface area contributed by atoms with E-state index in [0.29, 0.717) is 12.2 Å². The van der Waals surface area contributed by atoms with Gasteiger partial charge in [0, 0.05) is 13.0 Å². The number of alkyl halides is 3. The number of nitrogens with one attached hydrogen (secondary N) is 1. The maximum Gasteiger partial charge on any atom is 0.471 e. The summed E-state index contributed by atoms with van der Waals surface area (Å²) in [6.45, 7) is 0.0944. The molecular weight excluding hydrogens is 327 g/mol. The highest BCUT2D eigenvalue weighted by molar-refractivity contribution is 5.81. The van der Waals surface area contributed by atoms with Crippen LogP contribution in [-0.4, -0.2) is 28.7 Å². The molecule has 1 N–H and O–H groups in total. The zero-order chi connectivity index (χ0) is 17.2. The fraction of sp³-hybridized carbons (Fsp3) is 0.400. The molecule has 2 aromatic rings. The van der Waals surface area contributed by atoms with Crippen LogP contribution >= 0.6 is 0 Å². The van der Waals surface area contributed by atoms with E-state index in [1.807, 2.05) is 18.2 Å². The van der Waals surface area contributed by atoms with Crippen LogP contribution in [0.5, 0.6) is 5.75 Å². The van der Waals surface area contributed by atoms with E-state index < -0.39 is 18.2 Å². The molecule has 24 heavy (non-hydrogen) atoms. The zero-order valence-electron chi connectivity index (χ0n) is 12.5. The van der Waals surface area contributed by atoms with Gasteiger partial charge in [0.2, 0.25) is 0 Å². The first-order valence-corrected chi connectivity index (χ1v) is 7.35. The van der Waals surface area contributed by atoms with E-state index in [2.05, 4.69) is 20.0 Å². The number of fused-ring (bicyclic) bond motifs is 1. The van der Waals surface area contributed by atoms with Gasteiger partial charge in [-0.2, -0.15) is 18.2 Å². The first-order valence-electron chi connectivity index (χ1n) is 7.35. The van der Waals surface area contributed by atoms with Crippen LogP contribution < -0.4 is 10.1 Å². The largest absolute Gasteiger partial charge is 0.480 e. The summed E-state index contributed by atoms with van der Waals surface area (Å²) in [4.78, 5) is 15.3. The summed E-state index contributed by atoms with van der Waals surface area (Å²) in [5.74, 6) is -1.14. The number of carbonyl (C=O) groups excluding carboxylic acids is 1. The minimum absolute atomic E-state index is 0.0363. The molecule has 2 heterocycles. The van der Waals surface area contributed by atoms with Crippen LogP contribution in [0.1, 0.15) is 23.7 Å². The minimum Gasteiger partial charge on any atom is -0.480 e. The first kappa shape index (κ1) is 16.3. The van der Waals surface area contributed by atoms with Gasteiger partial charge in [-0.25, -0.2) is 0 Å². The number of aryl methyl sites for hydroxylation is 1. The quantitative estimate of drug-likeness (QED) is 0.922. The zero-order valence-corrected chi connectivity index (χ0v) is 12.5. The van der Waals surface area contributed by atoms with Gasteiger partial charge in [-0.15, -0.1) is 0 Å². The van der Waals surface area contributed by atoms with Crippen molar-refractivity contribution in [2.24, 2.45) is 0 Å². The second kappa shape index (κ2) is 6.50. The van der Waals surface area contributed by atoms with Crippen LogP contribution in [0.15, 0.2) is 28.8 Å². The molecule has 3 rings (SSSR count). The van der Waals surface area contributed by atoms with Crippen LogP contribution in [-0.2, 0) is 23.8 Å². The Bertz CT molecular complexity index is 730. The number of hydrogen-bond donors (Lipinski definition) is 1. The lowest BCUT2D eigenvalue weighted by Crippen LogP contribution is -2.41.